The third-order valence-corrected chi connectivity index (χ3v) is 10.7. The Bertz CT molecular complexity index is 1710. The topological polar surface area (TPSA) is 325 Å². The van der Waals surface area contributed by atoms with Crippen LogP contribution in [0.5, 0.6) is 0 Å². The van der Waals surface area contributed by atoms with Gasteiger partial charge in [-0.2, -0.15) is 17.5 Å². The number of rotatable bonds is 12. The Morgan fingerprint density at radius 3 is 2.04 bits per heavy atom. The van der Waals surface area contributed by atoms with Crippen molar-refractivity contribution in [2.24, 2.45) is 0 Å². The molecule has 0 radical (unpaired) electrons. The minimum atomic E-state index is -5.45. The van der Waals surface area contributed by atoms with Crippen molar-refractivity contribution < 1.29 is 139 Å². The molecule has 2 fully saturated rings. The summed E-state index contributed by atoms with van der Waals surface area (Å²) in [5.41, 5.74) is -1.00. The number of hydrogen-bond acceptors (Lipinski definition) is 17. The number of aromatic amines is 1. The molecule has 258 valence electrons. The Morgan fingerprint density at radius 2 is 1.44 bits per heavy atom. The zero-order valence-electron chi connectivity index (χ0n) is 25.5. The predicted octanol–water partition coefficient (Wildman–Crippen LogP) is -9.60. The fraction of sp³-hybridized carbons (Fsp3) is 0.545. The number of nitrogens with zero attached hydrogens (tertiary/aromatic N) is 1. The molecule has 2 saturated heterocycles. The van der Waals surface area contributed by atoms with E-state index in [1.807, 2.05) is 4.98 Å². The molecule has 48 heavy (non-hydrogen) atoms. The number of ether oxygens (including phenoxy) is 2. The van der Waals surface area contributed by atoms with Crippen LogP contribution in [-0.2, 0) is 46.3 Å². The van der Waals surface area contributed by atoms with Crippen LogP contribution in [0.3, 0.4) is 0 Å². The van der Waals surface area contributed by atoms with Crippen molar-refractivity contribution in [3.8, 4) is 0 Å². The standard InChI is InChI=1S/C22H30N2O19P2S.2Na/c1-10-2-4-11(5-3-10)46(36,37)39-9-13-15(26)17(28)19(30)21(41-13)42-45(34,35)43-44(32,33)38-8-12-16(27)18(29)20(40-12)24-7-6-14(25)23-22(24)31;;/h2-7,12-13,15-21,26-30H,8-9H2,1H3,(H,32,33)(H,34,35)(H,23,25,31);;/q;2*+1/p+2/t12?,13?,15-,16+,17-,18+,19?,20?,21+;;/m0../s1. The van der Waals surface area contributed by atoms with E-state index in [1.165, 1.54) is 24.3 Å². The molecule has 10 N–H and O–H groups in total. The van der Waals surface area contributed by atoms with Gasteiger partial charge in [0.15, 0.2) is 6.23 Å². The average molecular weight is 768 g/mol. The van der Waals surface area contributed by atoms with Gasteiger partial charge in [-0.1, -0.05) is 22.0 Å². The van der Waals surface area contributed by atoms with Crippen molar-refractivity contribution in [1.29, 1.82) is 0 Å². The summed E-state index contributed by atoms with van der Waals surface area (Å²) in [6.07, 6.45) is -16.1. The fourth-order valence-electron chi connectivity index (χ4n) is 4.29. The van der Waals surface area contributed by atoms with Crippen LogP contribution in [-0.4, -0.2) is 116 Å². The van der Waals surface area contributed by atoms with E-state index in [0.29, 0.717) is 0 Å². The maximum Gasteiger partial charge on any atom is 1.00 e. The number of hydrogen-bond donors (Lipinski definition) is 6. The van der Waals surface area contributed by atoms with Crippen molar-refractivity contribution in [1.82, 2.24) is 9.55 Å². The van der Waals surface area contributed by atoms with Crippen molar-refractivity contribution in [2.75, 3.05) is 13.2 Å². The second-order valence-electron chi connectivity index (χ2n) is 10.1. The number of H-pyrrole nitrogens is 1. The SMILES string of the molecule is Cc1ccc(S(=O)(=O)OCC2O[C@H](OP(=O)([OH2+])OP(=O)([OH2+])OCC3OC(n4ccc(=O)[nH]c4=O)[C@H](O)[C@@H]3O)C(O)[C@@H](O)[C@H]2O)cc1.[Na+].[Na+]. The van der Waals surface area contributed by atoms with Gasteiger partial charge in [0, 0.05) is 12.3 Å². The Morgan fingerprint density at radius 1 is 0.854 bits per heavy atom. The minimum absolute atomic E-state index is 0. The van der Waals surface area contributed by atoms with E-state index < -0.39 is 105 Å². The molecule has 3 heterocycles. The molecular formula is C22H32N2Na2O19P2S+4. The van der Waals surface area contributed by atoms with Gasteiger partial charge in [-0.05, 0) is 19.1 Å². The van der Waals surface area contributed by atoms with Gasteiger partial charge in [0.2, 0.25) is 6.29 Å². The predicted molar refractivity (Wildman–Crippen MR) is 149 cm³/mol. The van der Waals surface area contributed by atoms with E-state index in [9.17, 15) is 52.7 Å². The first-order valence-corrected chi connectivity index (χ1v) is 17.5. The Labute approximate surface area is 315 Å². The van der Waals surface area contributed by atoms with Crippen LogP contribution in [0.1, 0.15) is 11.8 Å². The molecule has 2 aromatic rings. The Hall–Kier alpha value is -0.210. The van der Waals surface area contributed by atoms with Gasteiger partial charge < -0.3 is 44.8 Å². The van der Waals surface area contributed by atoms with Gasteiger partial charge in [-0.25, -0.2) is 13.8 Å². The second kappa shape index (κ2) is 17.5. The molecule has 2 aliphatic rings. The summed E-state index contributed by atoms with van der Waals surface area (Å²) in [6, 6.07) is 6.41. The first-order valence-electron chi connectivity index (χ1n) is 13.0. The van der Waals surface area contributed by atoms with Gasteiger partial charge in [-0.15, -0.1) is 0 Å². The zero-order chi connectivity index (χ0) is 34.2. The monoisotopic (exact) mass is 768 g/mol. The number of benzene rings is 1. The van der Waals surface area contributed by atoms with E-state index in [-0.39, 0.29) is 64.0 Å². The molecule has 4 rings (SSSR count). The van der Waals surface area contributed by atoms with Crippen molar-refractivity contribution >= 4 is 25.8 Å². The van der Waals surface area contributed by atoms with Gasteiger partial charge in [0.1, 0.15) is 42.7 Å². The quantitative estimate of drug-likeness (QED) is 0.0505. The molecule has 26 heteroatoms. The fourth-order valence-corrected chi connectivity index (χ4v) is 7.47. The van der Waals surface area contributed by atoms with E-state index in [1.54, 1.807) is 6.92 Å². The van der Waals surface area contributed by atoms with Gasteiger partial charge in [0.05, 0.1) is 18.1 Å². The first-order chi connectivity index (χ1) is 21.3. The van der Waals surface area contributed by atoms with Crippen LogP contribution in [0.4, 0.5) is 0 Å². The van der Waals surface area contributed by atoms with Gasteiger partial charge in [0.25, 0.3) is 15.7 Å². The van der Waals surface area contributed by atoms with E-state index in [0.717, 1.165) is 22.4 Å². The van der Waals surface area contributed by atoms with Crippen molar-refractivity contribution in [3.05, 3.63) is 62.9 Å². The van der Waals surface area contributed by atoms with Gasteiger partial charge >= 0.3 is 80.4 Å². The number of nitrogens with one attached hydrogen (secondary N) is 1. The number of aromatic nitrogens is 2. The minimum Gasteiger partial charge on any atom is -0.387 e. The summed E-state index contributed by atoms with van der Waals surface area (Å²) in [6.45, 7) is -0.227. The molecule has 0 bridgehead atoms. The number of aryl methyl sites for hydroxylation is 1. The van der Waals surface area contributed by atoms with Crippen LogP contribution in [0.15, 0.2) is 51.0 Å². The molecule has 0 spiro atoms. The molecule has 0 aliphatic carbocycles. The third kappa shape index (κ3) is 10.9. The largest absolute Gasteiger partial charge is 1.00 e. The molecular weight excluding hydrogens is 736 g/mol. The number of aliphatic hydroxyl groups is 5. The maximum absolute atomic E-state index is 12.7. The third-order valence-electron chi connectivity index (χ3n) is 6.69. The summed E-state index contributed by atoms with van der Waals surface area (Å²) in [7, 11) is -15.1. The molecule has 11 atom stereocenters. The summed E-state index contributed by atoms with van der Waals surface area (Å²) >= 11 is 0. The summed E-state index contributed by atoms with van der Waals surface area (Å²) in [5, 5.41) is 51.2. The van der Waals surface area contributed by atoms with Crippen LogP contribution in [0, 0.1) is 6.92 Å². The molecule has 0 amide bonds. The van der Waals surface area contributed by atoms with Crippen LogP contribution in [0.25, 0.3) is 0 Å². The Kier molecular flexibility index (Phi) is 16.1. The normalized spacial score (nSPS) is 31.5. The molecule has 1 aromatic heterocycles. The molecule has 0 saturated carbocycles. The van der Waals surface area contributed by atoms with Crippen molar-refractivity contribution in [3.63, 3.8) is 0 Å². The average Bonchev–Trinajstić information content (AvgIpc) is 3.24. The summed E-state index contributed by atoms with van der Waals surface area (Å²) in [5.74, 6) is 0. The smallest absolute Gasteiger partial charge is 0.387 e. The van der Waals surface area contributed by atoms with Crippen LogP contribution in [0.2, 0.25) is 0 Å². The second-order valence-corrected chi connectivity index (χ2v) is 14.8. The van der Waals surface area contributed by atoms with E-state index in [4.69, 9.17) is 32.5 Å². The first kappa shape index (κ1) is 44.0. The molecule has 2 aliphatic heterocycles. The van der Waals surface area contributed by atoms with E-state index in [2.05, 4.69) is 4.31 Å². The summed E-state index contributed by atoms with van der Waals surface area (Å²) in [4.78, 5) is 40.4. The van der Waals surface area contributed by atoms with Crippen LogP contribution < -0.4 is 70.4 Å². The van der Waals surface area contributed by atoms with Gasteiger partial charge in [-0.3, -0.25) is 18.5 Å². The number of aliphatic hydroxyl groups excluding tert-OH is 5. The molecule has 1 aromatic carbocycles. The van der Waals surface area contributed by atoms with E-state index >= 15 is 0 Å². The molecule has 21 nitrogen and oxygen atoms in total. The van der Waals surface area contributed by atoms with Crippen LogP contribution >= 0.6 is 15.6 Å². The molecule has 6 unspecified atom stereocenters. The van der Waals surface area contributed by atoms with Crippen molar-refractivity contribution in [2.45, 2.75) is 67.1 Å². The zero-order valence-corrected chi connectivity index (χ0v) is 32.1. The maximum atomic E-state index is 12.7. The summed E-state index contributed by atoms with van der Waals surface area (Å²) < 4.78 is 80.1. The Balaban J connectivity index is 0.00000400.